The first-order valence-electron chi connectivity index (χ1n) is 5.70. The summed E-state index contributed by atoms with van der Waals surface area (Å²) in [5.74, 6) is 0.512. The molecule has 0 spiro atoms. The number of benzene rings is 1. The highest BCUT2D eigenvalue weighted by Gasteiger charge is 2.12. The lowest BCUT2D eigenvalue weighted by atomic mass is 10.2. The van der Waals surface area contributed by atoms with E-state index in [-0.39, 0.29) is 23.1 Å². The van der Waals surface area contributed by atoms with E-state index in [1.165, 1.54) is 12.4 Å². The number of nitrogens with two attached hydrogens (primary N) is 1. The fourth-order valence-electron chi connectivity index (χ4n) is 1.58. The van der Waals surface area contributed by atoms with E-state index in [1.54, 1.807) is 12.1 Å². The molecule has 9 heteroatoms. The quantitative estimate of drug-likeness (QED) is 0.829. The molecule has 0 unspecified atom stereocenters. The van der Waals surface area contributed by atoms with Crippen molar-refractivity contribution in [2.45, 2.75) is 13.2 Å². The van der Waals surface area contributed by atoms with Gasteiger partial charge in [-0.05, 0) is 18.2 Å². The number of hydrogen-bond acceptors (Lipinski definition) is 5. The normalized spacial score (nSPS) is 10.7. The fourth-order valence-corrected chi connectivity index (χ4v) is 2.16. The zero-order chi connectivity index (χ0) is 15.4. The predicted molar refractivity (Wildman–Crippen MR) is 79.6 cm³/mol. The lowest BCUT2D eigenvalue weighted by molar-refractivity contribution is -0.0504. The zero-order valence-electron chi connectivity index (χ0n) is 10.5. The van der Waals surface area contributed by atoms with Gasteiger partial charge in [0.15, 0.2) is 5.82 Å². The van der Waals surface area contributed by atoms with Gasteiger partial charge in [0.2, 0.25) is 0 Å². The molecule has 0 bridgehead atoms. The molecule has 0 atom stereocenters. The molecule has 0 saturated carbocycles. The summed E-state index contributed by atoms with van der Waals surface area (Å²) in [6, 6.07) is 4.71. The molecule has 2 aromatic rings. The van der Waals surface area contributed by atoms with Crippen LogP contribution < -0.4 is 15.8 Å². The van der Waals surface area contributed by atoms with Crippen molar-refractivity contribution in [2.75, 3.05) is 11.1 Å². The van der Waals surface area contributed by atoms with Crippen LogP contribution in [0, 0.1) is 0 Å². The topological polar surface area (TPSA) is 73.1 Å². The number of nitrogens with one attached hydrogen (secondary N) is 1. The molecule has 3 N–H and O–H groups in total. The third-order valence-corrected chi connectivity index (χ3v) is 3.37. The molecule has 21 heavy (non-hydrogen) atoms. The van der Waals surface area contributed by atoms with Crippen LogP contribution in [0.4, 0.5) is 20.4 Å². The van der Waals surface area contributed by atoms with Crippen LogP contribution in [0.5, 0.6) is 5.75 Å². The van der Waals surface area contributed by atoms with Gasteiger partial charge in [-0.25, -0.2) is 9.97 Å². The van der Waals surface area contributed by atoms with Crippen molar-refractivity contribution < 1.29 is 13.5 Å². The van der Waals surface area contributed by atoms with E-state index in [0.29, 0.717) is 11.4 Å². The Labute approximate surface area is 132 Å². The molecule has 0 aliphatic rings. The number of nitrogen functional groups attached to an aromatic ring is 1. The maximum Gasteiger partial charge on any atom is 0.387 e. The number of anilines is 2. The fraction of sp³-hybridized carbons (Fsp3) is 0.167. The van der Waals surface area contributed by atoms with Crippen molar-refractivity contribution in [2.24, 2.45) is 0 Å². The predicted octanol–water partition coefficient (Wildman–Crippen LogP) is 3.69. The summed E-state index contributed by atoms with van der Waals surface area (Å²) < 4.78 is 29.9. The summed E-state index contributed by atoms with van der Waals surface area (Å²) in [4.78, 5) is 7.66. The van der Waals surface area contributed by atoms with Crippen LogP contribution in [-0.2, 0) is 6.54 Å². The van der Waals surface area contributed by atoms with Gasteiger partial charge in [0.25, 0.3) is 0 Å². The highest BCUT2D eigenvalue weighted by molar-refractivity contribution is 9.10. The first-order chi connectivity index (χ1) is 9.97. The molecule has 5 nitrogen and oxygen atoms in total. The summed E-state index contributed by atoms with van der Waals surface area (Å²) in [5, 5.41) is 3.07. The second-order valence-corrected chi connectivity index (χ2v) is 5.20. The van der Waals surface area contributed by atoms with Crippen LogP contribution in [0.15, 0.2) is 29.0 Å². The van der Waals surface area contributed by atoms with Gasteiger partial charge >= 0.3 is 6.61 Å². The van der Waals surface area contributed by atoms with E-state index in [1.807, 2.05) is 0 Å². The van der Waals surface area contributed by atoms with E-state index in [9.17, 15) is 8.78 Å². The third kappa shape index (κ3) is 4.15. The first-order valence-corrected chi connectivity index (χ1v) is 6.87. The summed E-state index contributed by atoms with van der Waals surface area (Å²) in [7, 11) is 0. The number of ether oxygens (including phenoxy) is 1. The van der Waals surface area contributed by atoms with E-state index in [0.717, 1.165) is 4.47 Å². The Bertz CT molecular complexity index is 645. The highest BCUT2D eigenvalue weighted by Crippen LogP contribution is 2.28. The van der Waals surface area contributed by atoms with Crippen molar-refractivity contribution in [3.05, 3.63) is 39.6 Å². The van der Waals surface area contributed by atoms with Crippen molar-refractivity contribution >= 4 is 39.2 Å². The first kappa shape index (κ1) is 15.7. The molecule has 0 amide bonds. The average molecular weight is 380 g/mol. The van der Waals surface area contributed by atoms with Gasteiger partial charge in [0, 0.05) is 16.6 Å². The monoisotopic (exact) mass is 378 g/mol. The molecular weight excluding hydrogens is 370 g/mol. The van der Waals surface area contributed by atoms with Gasteiger partial charge in [-0.2, -0.15) is 8.78 Å². The Balaban J connectivity index is 2.19. The van der Waals surface area contributed by atoms with Crippen LogP contribution in [-0.4, -0.2) is 16.6 Å². The number of alkyl halides is 2. The number of nitrogens with zero attached hydrogens (tertiary/aromatic N) is 2. The van der Waals surface area contributed by atoms with Crippen molar-refractivity contribution in [3.8, 4) is 5.75 Å². The third-order valence-electron chi connectivity index (χ3n) is 2.50. The Morgan fingerprint density at radius 3 is 2.86 bits per heavy atom. The van der Waals surface area contributed by atoms with E-state index < -0.39 is 6.61 Å². The van der Waals surface area contributed by atoms with Gasteiger partial charge in [-0.1, -0.05) is 27.5 Å². The van der Waals surface area contributed by atoms with Crippen molar-refractivity contribution in [1.82, 2.24) is 9.97 Å². The summed E-state index contributed by atoms with van der Waals surface area (Å²) >= 11 is 9.21. The zero-order valence-corrected chi connectivity index (χ0v) is 12.8. The van der Waals surface area contributed by atoms with Gasteiger partial charge < -0.3 is 15.8 Å². The molecule has 2 rings (SSSR count). The number of hydrogen-bond donors (Lipinski definition) is 2. The minimum Gasteiger partial charge on any atom is -0.434 e. The molecule has 112 valence electrons. The van der Waals surface area contributed by atoms with Gasteiger partial charge in [0.1, 0.15) is 22.9 Å². The van der Waals surface area contributed by atoms with Crippen LogP contribution in [0.2, 0.25) is 5.02 Å². The number of halogens is 4. The minimum absolute atomic E-state index is 0.0684. The number of aromatic nitrogens is 2. The Morgan fingerprint density at radius 1 is 1.38 bits per heavy atom. The molecule has 1 heterocycles. The van der Waals surface area contributed by atoms with Crippen LogP contribution in [0.1, 0.15) is 5.56 Å². The molecule has 0 saturated heterocycles. The number of rotatable bonds is 5. The molecule has 0 radical (unpaired) electrons. The van der Waals surface area contributed by atoms with Gasteiger partial charge in [-0.15, -0.1) is 0 Å². The SMILES string of the molecule is Nc1ncnc(NCc2cc(Br)ccc2OC(F)F)c1Cl. The lowest BCUT2D eigenvalue weighted by Gasteiger charge is -2.13. The largest absolute Gasteiger partial charge is 0.434 e. The van der Waals surface area contributed by atoms with Crippen LogP contribution >= 0.6 is 27.5 Å². The van der Waals surface area contributed by atoms with Gasteiger partial charge in [0.05, 0.1) is 0 Å². The van der Waals surface area contributed by atoms with Crippen molar-refractivity contribution in [1.29, 1.82) is 0 Å². The standard InChI is InChI=1S/C12H10BrClF2N4O/c13-7-1-2-8(21-12(15)16)6(3-7)4-18-11-9(14)10(17)19-5-20-11/h1-3,5,12H,4H2,(H3,17,18,19,20). The molecule has 1 aromatic carbocycles. The molecular formula is C12H10BrClF2N4O. The Morgan fingerprint density at radius 2 is 2.14 bits per heavy atom. The highest BCUT2D eigenvalue weighted by atomic mass is 79.9. The summed E-state index contributed by atoms with van der Waals surface area (Å²) in [6.07, 6.45) is 1.25. The van der Waals surface area contributed by atoms with E-state index in [4.69, 9.17) is 17.3 Å². The molecule has 0 aliphatic carbocycles. The average Bonchev–Trinajstić information content (AvgIpc) is 2.42. The smallest absolute Gasteiger partial charge is 0.387 e. The van der Waals surface area contributed by atoms with E-state index >= 15 is 0 Å². The van der Waals surface area contributed by atoms with E-state index in [2.05, 4.69) is 36.0 Å². The Hall–Kier alpha value is -1.67. The lowest BCUT2D eigenvalue weighted by Crippen LogP contribution is -2.08. The van der Waals surface area contributed by atoms with Crippen molar-refractivity contribution in [3.63, 3.8) is 0 Å². The Kier molecular flexibility index (Phi) is 5.13. The molecule has 0 fully saturated rings. The molecule has 0 aliphatic heterocycles. The minimum atomic E-state index is -2.90. The van der Waals surface area contributed by atoms with Crippen LogP contribution in [0.3, 0.4) is 0 Å². The summed E-state index contributed by atoms with van der Waals surface area (Å²) in [5.41, 5.74) is 6.07. The second kappa shape index (κ2) is 6.86. The maximum atomic E-state index is 12.4. The van der Waals surface area contributed by atoms with Gasteiger partial charge in [-0.3, -0.25) is 0 Å². The maximum absolute atomic E-state index is 12.4. The van der Waals surface area contributed by atoms with Crippen LogP contribution in [0.25, 0.3) is 0 Å². The second-order valence-electron chi connectivity index (χ2n) is 3.91. The molecule has 1 aromatic heterocycles. The summed E-state index contributed by atoms with van der Waals surface area (Å²) in [6.45, 7) is -2.72.